The van der Waals surface area contributed by atoms with E-state index in [1.807, 2.05) is 0 Å². The highest BCUT2D eigenvalue weighted by Crippen LogP contribution is 2.53. The third-order valence-corrected chi connectivity index (χ3v) is 6.18. The number of fused-ring (bicyclic) bond motifs is 4. The number of amides is 3. The molecule has 4 atom stereocenters. The summed E-state index contributed by atoms with van der Waals surface area (Å²) in [4.78, 5) is 52.2. The van der Waals surface area contributed by atoms with Crippen molar-refractivity contribution in [3.05, 3.63) is 54.1 Å². The Hall–Kier alpha value is -3.56. The van der Waals surface area contributed by atoms with Gasteiger partial charge in [0.15, 0.2) is 0 Å². The second-order valence-corrected chi connectivity index (χ2v) is 7.84. The van der Waals surface area contributed by atoms with E-state index in [-0.39, 0.29) is 5.75 Å². The minimum Gasteiger partial charge on any atom is -0.427 e. The van der Waals surface area contributed by atoms with Crippen LogP contribution in [0.4, 0.5) is 11.4 Å². The van der Waals surface area contributed by atoms with Gasteiger partial charge in [0.1, 0.15) is 11.3 Å². The van der Waals surface area contributed by atoms with E-state index in [1.165, 1.54) is 31.2 Å². The molecule has 0 aliphatic carbocycles. The van der Waals surface area contributed by atoms with E-state index >= 15 is 0 Å². The lowest BCUT2D eigenvalue weighted by atomic mass is 9.76. The average Bonchev–Trinajstić information content (AvgIpc) is 3.33. The van der Waals surface area contributed by atoms with Crippen molar-refractivity contribution in [1.82, 2.24) is 5.32 Å². The zero-order valence-electron chi connectivity index (χ0n) is 16.5. The largest absolute Gasteiger partial charge is 0.427 e. The lowest BCUT2D eigenvalue weighted by Crippen LogP contribution is -2.53. The molecule has 2 aromatic carbocycles. The molecule has 0 radical (unpaired) electrons. The first-order chi connectivity index (χ1) is 14.9. The van der Waals surface area contributed by atoms with Gasteiger partial charge in [0.05, 0.1) is 24.1 Å². The Morgan fingerprint density at radius 1 is 1.10 bits per heavy atom. The molecule has 0 saturated carbocycles. The highest BCUT2D eigenvalue weighted by atomic mass is 16.5. The Morgan fingerprint density at radius 3 is 2.48 bits per heavy atom. The fraction of sp³-hybridized carbons (Fsp3) is 0.273. The molecule has 3 heterocycles. The van der Waals surface area contributed by atoms with Crippen LogP contribution in [0.15, 0.2) is 48.5 Å². The molecular formula is C22H19N3O6. The third kappa shape index (κ3) is 2.57. The van der Waals surface area contributed by atoms with Crippen LogP contribution in [0.3, 0.4) is 0 Å². The van der Waals surface area contributed by atoms with Crippen molar-refractivity contribution >= 4 is 35.1 Å². The number of benzene rings is 2. The van der Waals surface area contributed by atoms with Gasteiger partial charge in [0.25, 0.3) is 0 Å². The van der Waals surface area contributed by atoms with E-state index in [0.717, 1.165) is 4.90 Å². The first-order valence-electron chi connectivity index (χ1n) is 9.84. The summed E-state index contributed by atoms with van der Waals surface area (Å²) in [5, 5.41) is 15.8. The Kier molecular flexibility index (Phi) is 4.21. The van der Waals surface area contributed by atoms with Crippen molar-refractivity contribution in [3.63, 3.8) is 0 Å². The molecule has 0 aromatic heterocycles. The highest BCUT2D eigenvalue weighted by molar-refractivity contribution is 6.25. The van der Waals surface area contributed by atoms with Crippen LogP contribution in [0.2, 0.25) is 0 Å². The normalized spacial score (nSPS) is 28.6. The number of aliphatic hydroxyl groups excluding tert-OH is 1. The molecule has 3 aliphatic rings. The number of anilines is 2. The van der Waals surface area contributed by atoms with Crippen molar-refractivity contribution in [2.45, 2.75) is 18.5 Å². The Labute approximate surface area is 177 Å². The number of hydrogen-bond donors (Lipinski definition) is 3. The number of hydrogen-bond acceptors (Lipinski definition) is 7. The summed E-state index contributed by atoms with van der Waals surface area (Å²) in [5.74, 6) is -3.54. The summed E-state index contributed by atoms with van der Waals surface area (Å²) in [5.41, 5.74) is 0.0214. The van der Waals surface area contributed by atoms with Gasteiger partial charge >= 0.3 is 5.97 Å². The number of esters is 1. The van der Waals surface area contributed by atoms with E-state index in [9.17, 15) is 24.3 Å². The van der Waals surface area contributed by atoms with Crippen LogP contribution in [0.25, 0.3) is 0 Å². The van der Waals surface area contributed by atoms with Gasteiger partial charge in [-0.1, -0.05) is 18.2 Å². The SMILES string of the molecule is CC(=O)Oc1ccc(N2C(=O)[C@@H]3[C@H](CO)N[C@@]4(C(=O)Nc5ccccc54)[C@@H]3C2=O)cc1. The molecule has 158 valence electrons. The van der Waals surface area contributed by atoms with Gasteiger partial charge in [0, 0.05) is 24.2 Å². The number of imide groups is 1. The minimum atomic E-state index is -1.44. The average molecular weight is 421 g/mol. The molecule has 31 heavy (non-hydrogen) atoms. The van der Waals surface area contributed by atoms with Crippen molar-refractivity contribution in [1.29, 1.82) is 0 Å². The lowest BCUT2D eigenvalue weighted by Gasteiger charge is -2.29. The highest BCUT2D eigenvalue weighted by Gasteiger charge is 2.70. The molecule has 9 heteroatoms. The van der Waals surface area contributed by atoms with Crippen molar-refractivity contribution < 1.29 is 29.0 Å². The summed E-state index contributed by atoms with van der Waals surface area (Å²) < 4.78 is 5.00. The van der Waals surface area contributed by atoms with Crippen LogP contribution >= 0.6 is 0 Å². The van der Waals surface area contributed by atoms with E-state index in [2.05, 4.69) is 10.6 Å². The molecule has 3 aliphatic heterocycles. The molecule has 2 aromatic rings. The number of para-hydroxylation sites is 1. The monoisotopic (exact) mass is 421 g/mol. The van der Waals surface area contributed by atoms with Gasteiger partial charge in [-0.2, -0.15) is 0 Å². The Morgan fingerprint density at radius 2 is 1.81 bits per heavy atom. The van der Waals surface area contributed by atoms with Gasteiger partial charge in [-0.3, -0.25) is 24.5 Å². The maximum absolute atomic E-state index is 13.6. The number of ether oxygens (including phenoxy) is 1. The zero-order valence-corrected chi connectivity index (χ0v) is 16.5. The van der Waals surface area contributed by atoms with Crippen LogP contribution in [0, 0.1) is 11.8 Å². The molecular weight excluding hydrogens is 402 g/mol. The Bertz CT molecular complexity index is 1130. The molecule has 0 unspecified atom stereocenters. The van der Waals surface area contributed by atoms with Gasteiger partial charge < -0.3 is 15.2 Å². The van der Waals surface area contributed by atoms with E-state index in [1.54, 1.807) is 24.3 Å². The summed E-state index contributed by atoms with van der Waals surface area (Å²) in [6.07, 6.45) is 0. The zero-order chi connectivity index (χ0) is 21.9. The second kappa shape index (κ2) is 6.73. The molecule has 0 bridgehead atoms. The van der Waals surface area contributed by atoms with Crippen LogP contribution in [-0.4, -0.2) is 41.4 Å². The van der Waals surface area contributed by atoms with E-state index < -0.39 is 53.7 Å². The molecule has 9 nitrogen and oxygen atoms in total. The number of carbonyl (C=O) groups excluding carboxylic acids is 4. The van der Waals surface area contributed by atoms with Crippen molar-refractivity contribution in [3.8, 4) is 5.75 Å². The topological polar surface area (TPSA) is 125 Å². The standard InChI is InChI=1S/C22H19N3O6/c1-11(27)31-13-8-6-12(7-9-13)25-19(28)17-16(10-26)24-22(18(17)20(25)29)14-4-2-3-5-15(14)23-21(22)30/h2-9,16-18,24,26H,10H2,1H3,(H,23,30)/t16-,17+,18-,22+/m0/s1. The molecule has 1 spiro atoms. The fourth-order valence-electron chi connectivity index (χ4n) is 5.00. The van der Waals surface area contributed by atoms with Crippen LogP contribution < -0.4 is 20.3 Å². The van der Waals surface area contributed by atoms with Gasteiger partial charge in [0.2, 0.25) is 17.7 Å². The smallest absolute Gasteiger partial charge is 0.308 e. The van der Waals surface area contributed by atoms with Gasteiger partial charge in [-0.15, -0.1) is 0 Å². The van der Waals surface area contributed by atoms with Gasteiger partial charge in [-0.05, 0) is 30.3 Å². The predicted molar refractivity (Wildman–Crippen MR) is 108 cm³/mol. The maximum Gasteiger partial charge on any atom is 0.308 e. The second-order valence-electron chi connectivity index (χ2n) is 7.84. The van der Waals surface area contributed by atoms with Gasteiger partial charge in [-0.25, -0.2) is 4.90 Å². The molecule has 2 saturated heterocycles. The first-order valence-corrected chi connectivity index (χ1v) is 9.84. The quantitative estimate of drug-likeness (QED) is 0.375. The lowest BCUT2D eigenvalue weighted by molar-refractivity contribution is -0.132. The van der Waals surface area contributed by atoms with E-state index in [4.69, 9.17) is 4.74 Å². The maximum atomic E-state index is 13.6. The molecule has 2 fully saturated rings. The van der Waals surface area contributed by atoms with Crippen LogP contribution in [0.1, 0.15) is 12.5 Å². The summed E-state index contributed by atoms with van der Waals surface area (Å²) in [6.45, 7) is 0.866. The number of rotatable bonds is 3. The minimum absolute atomic E-state index is 0.283. The summed E-state index contributed by atoms with van der Waals surface area (Å²) >= 11 is 0. The first kappa shape index (κ1) is 19.4. The number of carbonyl (C=O) groups is 4. The van der Waals surface area contributed by atoms with Crippen molar-refractivity contribution in [2.24, 2.45) is 11.8 Å². The Balaban J connectivity index is 1.58. The molecule has 5 rings (SSSR count). The van der Waals surface area contributed by atoms with Crippen LogP contribution in [-0.2, 0) is 24.7 Å². The van der Waals surface area contributed by atoms with Crippen LogP contribution in [0.5, 0.6) is 5.75 Å². The summed E-state index contributed by atoms with van der Waals surface area (Å²) in [7, 11) is 0. The summed E-state index contributed by atoms with van der Waals surface area (Å²) in [6, 6.07) is 12.2. The number of nitrogens with zero attached hydrogens (tertiary/aromatic N) is 1. The number of nitrogens with one attached hydrogen (secondary N) is 2. The van der Waals surface area contributed by atoms with E-state index in [0.29, 0.717) is 16.9 Å². The number of aliphatic hydroxyl groups is 1. The van der Waals surface area contributed by atoms with Crippen molar-refractivity contribution in [2.75, 3.05) is 16.8 Å². The predicted octanol–water partition coefficient (Wildman–Crippen LogP) is 0.529. The molecule has 3 N–H and O–H groups in total. The fourth-order valence-corrected chi connectivity index (χ4v) is 5.00. The third-order valence-electron chi connectivity index (χ3n) is 6.18. The molecule has 3 amide bonds.